The molecule has 0 aliphatic heterocycles. The second kappa shape index (κ2) is 11.3. The number of para-hydroxylation sites is 1. The van der Waals surface area contributed by atoms with Crippen LogP contribution < -0.4 is 5.32 Å². The van der Waals surface area contributed by atoms with Crippen LogP contribution in [0.5, 0.6) is 0 Å². The number of nitrogens with zero attached hydrogens (tertiary/aromatic N) is 3. The predicted octanol–water partition coefficient (Wildman–Crippen LogP) is 5.41. The quantitative estimate of drug-likeness (QED) is 0.126. The first-order chi connectivity index (χ1) is 19.3. The number of halogens is 1. The van der Waals surface area contributed by atoms with Gasteiger partial charge in [0.05, 0.1) is 16.3 Å². The molecule has 3 N–H and O–H groups in total. The standard InChI is InChI=1S/C29H22ClN5O5/c30-21-4-3-5-23(15-21)34-17-19(28(33-34)18-8-11-22(12-9-18)35(39)40)10-13-27(36)32-26(29(37)38)14-20-16-31-25-7-2-1-6-24(20)25/h1-13,15-17,26,31H,14H2,(H,32,36)(H,37,38)/b13-10-. The fourth-order valence-corrected chi connectivity index (χ4v) is 4.52. The van der Waals surface area contributed by atoms with Crippen molar-refractivity contribution in [2.45, 2.75) is 12.5 Å². The molecule has 40 heavy (non-hydrogen) atoms. The molecule has 2 heterocycles. The summed E-state index contributed by atoms with van der Waals surface area (Å²) in [5.41, 5.74) is 3.85. The van der Waals surface area contributed by atoms with Gasteiger partial charge in [0.2, 0.25) is 5.91 Å². The van der Waals surface area contributed by atoms with Crippen LogP contribution in [0.3, 0.4) is 0 Å². The van der Waals surface area contributed by atoms with Crippen LogP contribution >= 0.6 is 11.6 Å². The number of hydrogen-bond acceptors (Lipinski definition) is 5. The highest BCUT2D eigenvalue weighted by atomic mass is 35.5. The largest absolute Gasteiger partial charge is 0.480 e. The number of benzene rings is 3. The number of hydrogen-bond donors (Lipinski definition) is 3. The number of nitro benzene ring substituents is 1. The third-order valence-corrected chi connectivity index (χ3v) is 6.53. The minimum Gasteiger partial charge on any atom is -0.480 e. The molecule has 0 bridgehead atoms. The van der Waals surface area contributed by atoms with Crippen LogP contribution in [0, 0.1) is 10.1 Å². The number of H-pyrrole nitrogens is 1. The van der Waals surface area contributed by atoms with Gasteiger partial charge < -0.3 is 15.4 Å². The molecule has 0 aliphatic carbocycles. The summed E-state index contributed by atoms with van der Waals surface area (Å²) in [6.45, 7) is 0. The van der Waals surface area contributed by atoms with Crippen LogP contribution in [0.2, 0.25) is 5.02 Å². The van der Waals surface area contributed by atoms with E-state index in [2.05, 4.69) is 15.4 Å². The monoisotopic (exact) mass is 555 g/mol. The Morgan fingerprint density at radius 3 is 2.62 bits per heavy atom. The fourth-order valence-electron chi connectivity index (χ4n) is 4.33. The van der Waals surface area contributed by atoms with Crippen LogP contribution in [0.25, 0.3) is 33.9 Å². The van der Waals surface area contributed by atoms with Crippen LogP contribution in [0.4, 0.5) is 5.69 Å². The van der Waals surface area contributed by atoms with Crippen LogP contribution in [0.1, 0.15) is 11.1 Å². The van der Waals surface area contributed by atoms with Crippen molar-refractivity contribution in [3.63, 3.8) is 0 Å². The zero-order chi connectivity index (χ0) is 28.2. The molecular formula is C29H22ClN5O5. The van der Waals surface area contributed by atoms with Crippen LogP contribution in [-0.2, 0) is 16.0 Å². The lowest BCUT2D eigenvalue weighted by Crippen LogP contribution is -2.41. The number of amides is 1. The molecule has 10 nitrogen and oxygen atoms in total. The summed E-state index contributed by atoms with van der Waals surface area (Å²) in [6, 6.07) is 19.3. The van der Waals surface area contributed by atoms with E-state index in [4.69, 9.17) is 11.6 Å². The Bertz CT molecular complexity index is 1760. The summed E-state index contributed by atoms with van der Waals surface area (Å²) < 4.78 is 1.58. The Hall–Kier alpha value is -5.22. The number of rotatable bonds is 9. The van der Waals surface area contributed by atoms with E-state index in [1.54, 1.807) is 53.5 Å². The van der Waals surface area contributed by atoms with Crippen LogP contribution in [-0.4, -0.2) is 42.7 Å². The second-order valence-electron chi connectivity index (χ2n) is 8.96. The Morgan fingerprint density at radius 1 is 1.12 bits per heavy atom. The van der Waals surface area contributed by atoms with Crippen LogP contribution in [0.15, 0.2) is 91.3 Å². The van der Waals surface area contributed by atoms with Gasteiger partial charge >= 0.3 is 5.97 Å². The molecule has 1 unspecified atom stereocenters. The zero-order valence-electron chi connectivity index (χ0n) is 20.8. The minimum atomic E-state index is -1.16. The molecule has 0 saturated carbocycles. The highest BCUT2D eigenvalue weighted by Gasteiger charge is 2.21. The number of carbonyl (C=O) groups is 2. The molecule has 5 aromatic rings. The predicted molar refractivity (Wildman–Crippen MR) is 151 cm³/mol. The summed E-state index contributed by atoms with van der Waals surface area (Å²) in [5, 5.41) is 29.4. The van der Waals surface area contributed by atoms with Gasteiger partial charge in [-0.2, -0.15) is 5.10 Å². The molecule has 11 heteroatoms. The molecule has 3 aromatic carbocycles. The normalized spacial score (nSPS) is 12.0. The fraction of sp³-hybridized carbons (Fsp3) is 0.0690. The number of aliphatic carboxylic acids is 1. The average Bonchev–Trinajstić information content (AvgIpc) is 3.56. The van der Waals surface area contributed by atoms with E-state index in [0.29, 0.717) is 27.5 Å². The maximum atomic E-state index is 12.8. The van der Waals surface area contributed by atoms with Crippen molar-refractivity contribution in [2.24, 2.45) is 0 Å². The van der Waals surface area contributed by atoms with Gasteiger partial charge in [-0.15, -0.1) is 0 Å². The maximum absolute atomic E-state index is 12.8. The molecule has 2 aromatic heterocycles. The molecule has 200 valence electrons. The Morgan fingerprint density at radius 2 is 1.90 bits per heavy atom. The van der Waals surface area contributed by atoms with Crippen molar-refractivity contribution >= 4 is 46.1 Å². The van der Waals surface area contributed by atoms with Gasteiger partial charge in [-0.1, -0.05) is 35.9 Å². The minimum absolute atomic E-state index is 0.0654. The molecule has 1 atom stereocenters. The van der Waals surface area contributed by atoms with Crippen molar-refractivity contribution in [3.05, 3.63) is 118 Å². The van der Waals surface area contributed by atoms with E-state index in [0.717, 1.165) is 16.5 Å². The number of carboxylic acids is 1. The molecular weight excluding hydrogens is 534 g/mol. The summed E-state index contributed by atoms with van der Waals surface area (Å²) in [5.74, 6) is -1.76. The number of nitrogens with one attached hydrogen (secondary N) is 2. The third kappa shape index (κ3) is 5.77. The molecule has 0 spiro atoms. The molecule has 0 aliphatic rings. The lowest BCUT2D eigenvalue weighted by molar-refractivity contribution is -0.384. The Labute approximate surface area is 232 Å². The highest BCUT2D eigenvalue weighted by Crippen LogP contribution is 2.27. The molecule has 1 amide bonds. The van der Waals surface area contributed by atoms with Crippen molar-refractivity contribution < 1.29 is 19.6 Å². The van der Waals surface area contributed by atoms with Gasteiger partial charge in [0.25, 0.3) is 5.69 Å². The van der Waals surface area contributed by atoms with Gasteiger partial charge in [-0.25, -0.2) is 9.48 Å². The second-order valence-corrected chi connectivity index (χ2v) is 9.39. The number of non-ortho nitro benzene ring substituents is 1. The number of nitro groups is 1. The molecule has 0 saturated heterocycles. The average molecular weight is 556 g/mol. The SMILES string of the molecule is O=C(/C=C\c1cn(-c2cccc(Cl)c2)nc1-c1ccc([N+](=O)[O-])cc1)NC(Cc1c[nH]c2ccccc12)C(=O)O. The van der Waals surface area contributed by atoms with Gasteiger partial charge in [-0.3, -0.25) is 14.9 Å². The Kier molecular flexibility index (Phi) is 7.43. The number of fused-ring (bicyclic) bond motifs is 1. The number of aromatic nitrogens is 3. The molecule has 5 rings (SSSR count). The summed E-state index contributed by atoms with van der Waals surface area (Å²) >= 11 is 6.14. The number of aromatic amines is 1. The first-order valence-corrected chi connectivity index (χ1v) is 12.5. The van der Waals surface area contributed by atoms with E-state index < -0.39 is 22.8 Å². The van der Waals surface area contributed by atoms with E-state index >= 15 is 0 Å². The van der Waals surface area contributed by atoms with Crippen molar-refractivity contribution in [1.29, 1.82) is 0 Å². The van der Waals surface area contributed by atoms with Gasteiger partial charge in [-0.05, 0) is 48.0 Å². The first-order valence-electron chi connectivity index (χ1n) is 12.2. The smallest absolute Gasteiger partial charge is 0.326 e. The lowest BCUT2D eigenvalue weighted by Gasteiger charge is -2.12. The van der Waals surface area contributed by atoms with Gasteiger partial charge in [0, 0.05) is 64.1 Å². The Balaban J connectivity index is 1.41. The highest BCUT2D eigenvalue weighted by molar-refractivity contribution is 6.30. The number of carboxylic acid groups (broad SMARTS) is 1. The van der Waals surface area contributed by atoms with E-state index in [1.165, 1.54) is 24.3 Å². The van der Waals surface area contributed by atoms with E-state index in [9.17, 15) is 24.8 Å². The summed E-state index contributed by atoms with van der Waals surface area (Å²) in [6.07, 6.45) is 6.28. The van der Waals surface area contributed by atoms with E-state index in [1.807, 2.05) is 24.3 Å². The van der Waals surface area contributed by atoms with E-state index in [-0.39, 0.29) is 12.1 Å². The third-order valence-electron chi connectivity index (χ3n) is 6.29. The topological polar surface area (TPSA) is 143 Å². The lowest BCUT2D eigenvalue weighted by atomic mass is 10.0. The molecule has 0 fully saturated rings. The molecule has 0 radical (unpaired) electrons. The first kappa shape index (κ1) is 26.4. The van der Waals surface area contributed by atoms with Gasteiger partial charge in [0.1, 0.15) is 6.04 Å². The summed E-state index contributed by atoms with van der Waals surface area (Å²) in [7, 11) is 0. The number of carbonyl (C=O) groups excluding carboxylic acids is 1. The van der Waals surface area contributed by atoms with Crippen molar-refractivity contribution in [2.75, 3.05) is 0 Å². The van der Waals surface area contributed by atoms with Crippen molar-refractivity contribution in [1.82, 2.24) is 20.1 Å². The summed E-state index contributed by atoms with van der Waals surface area (Å²) in [4.78, 5) is 38.5. The maximum Gasteiger partial charge on any atom is 0.326 e. The van der Waals surface area contributed by atoms with Gasteiger partial charge in [0.15, 0.2) is 0 Å². The van der Waals surface area contributed by atoms with Crippen molar-refractivity contribution in [3.8, 4) is 16.9 Å². The zero-order valence-corrected chi connectivity index (χ0v) is 21.6.